The van der Waals surface area contributed by atoms with Gasteiger partial charge in [0.25, 0.3) is 0 Å². The number of aromatic nitrogens is 1. The zero-order valence-corrected chi connectivity index (χ0v) is 11.1. The SMILES string of the molecule is CN(Cc1cccc(Cl)c1)Cc1cc(N)ccn1. The Morgan fingerprint density at radius 2 is 2.06 bits per heavy atom. The molecule has 0 unspecified atom stereocenters. The topological polar surface area (TPSA) is 42.1 Å². The van der Waals surface area contributed by atoms with Crippen molar-refractivity contribution in [3.05, 3.63) is 58.9 Å². The molecule has 0 saturated heterocycles. The summed E-state index contributed by atoms with van der Waals surface area (Å²) in [5, 5.41) is 0.767. The van der Waals surface area contributed by atoms with Crippen LogP contribution < -0.4 is 5.73 Å². The van der Waals surface area contributed by atoms with Crippen molar-refractivity contribution in [1.82, 2.24) is 9.88 Å². The molecule has 4 heteroatoms. The normalized spacial score (nSPS) is 10.8. The molecule has 3 nitrogen and oxygen atoms in total. The molecule has 0 spiro atoms. The van der Waals surface area contributed by atoms with E-state index in [-0.39, 0.29) is 0 Å². The lowest BCUT2D eigenvalue weighted by atomic mass is 10.2. The largest absolute Gasteiger partial charge is 0.399 e. The van der Waals surface area contributed by atoms with Gasteiger partial charge in [0.05, 0.1) is 5.69 Å². The Kier molecular flexibility index (Phi) is 4.18. The molecular formula is C14H16ClN3. The molecule has 0 radical (unpaired) electrons. The van der Waals surface area contributed by atoms with Crippen molar-refractivity contribution in [1.29, 1.82) is 0 Å². The van der Waals surface area contributed by atoms with Crippen molar-refractivity contribution < 1.29 is 0 Å². The third-order valence-electron chi connectivity index (χ3n) is 2.61. The van der Waals surface area contributed by atoms with Gasteiger partial charge in [-0.2, -0.15) is 0 Å². The molecule has 2 rings (SSSR count). The smallest absolute Gasteiger partial charge is 0.0564 e. The quantitative estimate of drug-likeness (QED) is 0.920. The second-order valence-electron chi connectivity index (χ2n) is 4.38. The monoisotopic (exact) mass is 261 g/mol. The lowest BCUT2D eigenvalue weighted by Gasteiger charge is -2.16. The number of nitrogens with zero attached hydrogens (tertiary/aromatic N) is 2. The summed E-state index contributed by atoms with van der Waals surface area (Å²) >= 11 is 5.96. The minimum Gasteiger partial charge on any atom is -0.399 e. The van der Waals surface area contributed by atoms with E-state index in [1.807, 2.05) is 31.3 Å². The van der Waals surface area contributed by atoms with E-state index in [0.717, 1.165) is 29.5 Å². The summed E-state index contributed by atoms with van der Waals surface area (Å²) < 4.78 is 0. The van der Waals surface area contributed by atoms with Crippen molar-refractivity contribution in [3.63, 3.8) is 0 Å². The molecule has 2 aromatic rings. The first kappa shape index (κ1) is 12.9. The molecule has 1 aromatic heterocycles. The lowest BCUT2D eigenvalue weighted by molar-refractivity contribution is 0.315. The Balaban J connectivity index is 1.98. The van der Waals surface area contributed by atoms with E-state index in [1.54, 1.807) is 12.3 Å². The maximum Gasteiger partial charge on any atom is 0.0564 e. The van der Waals surface area contributed by atoms with Crippen LogP contribution in [0.4, 0.5) is 5.69 Å². The molecule has 1 heterocycles. The standard InChI is InChI=1S/C14H16ClN3/c1-18(9-11-3-2-4-12(15)7-11)10-14-8-13(16)5-6-17-14/h2-8H,9-10H2,1H3,(H2,16,17). The van der Waals surface area contributed by atoms with Gasteiger partial charge in [-0.15, -0.1) is 0 Å². The Morgan fingerprint density at radius 1 is 1.22 bits per heavy atom. The number of anilines is 1. The first-order valence-corrected chi connectivity index (χ1v) is 6.14. The number of benzene rings is 1. The fourth-order valence-electron chi connectivity index (χ4n) is 1.86. The van der Waals surface area contributed by atoms with Crippen LogP contribution in [0.15, 0.2) is 42.6 Å². The molecule has 0 bridgehead atoms. The van der Waals surface area contributed by atoms with Crippen LogP contribution in [0.1, 0.15) is 11.3 Å². The van der Waals surface area contributed by atoms with Gasteiger partial charge in [-0.25, -0.2) is 0 Å². The van der Waals surface area contributed by atoms with E-state index < -0.39 is 0 Å². The summed E-state index contributed by atoms with van der Waals surface area (Å²) in [6.07, 6.45) is 1.73. The van der Waals surface area contributed by atoms with Crippen LogP contribution in [0.2, 0.25) is 5.02 Å². The van der Waals surface area contributed by atoms with Gasteiger partial charge in [-0.1, -0.05) is 23.7 Å². The Bertz CT molecular complexity index is 480. The average molecular weight is 262 g/mol. The highest BCUT2D eigenvalue weighted by Crippen LogP contribution is 2.13. The van der Waals surface area contributed by atoms with Gasteiger partial charge in [-0.3, -0.25) is 9.88 Å². The zero-order chi connectivity index (χ0) is 13.0. The fourth-order valence-corrected chi connectivity index (χ4v) is 2.08. The van der Waals surface area contributed by atoms with Crippen LogP contribution in [0.25, 0.3) is 0 Å². The first-order chi connectivity index (χ1) is 8.63. The molecule has 0 aliphatic carbocycles. The predicted octanol–water partition coefficient (Wildman–Crippen LogP) is 2.95. The van der Waals surface area contributed by atoms with Crippen LogP contribution in [0.3, 0.4) is 0 Å². The Hall–Kier alpha value is -1.58. The Labute approximate surface area is 112 Å². The number of hydrogen-bond acceptors (Lipinski definition) is 3. The highest BCUT2D eigenvalue weighted by Gasteiger charge is 2.03. The van der Waals surface area contributed by atoms with Crippen LogP contribution in [-0.4, -0.2) is 16.9 Å². The van der Waals surface area contributed by atoms with E-state index in [4.69, 9.17) is 17.3 Å². The summed E-state index contributed by atoms with van der Waals surface area (Å²) in [4.78, 5) is 6.47. The molecule has 1 aromatic carbocycles. The summed E-state index contributed by atoms with van der Waals surface area (Å²) in [5.74, 6) is 0. The molecule has 2 N–H and O–H groups in total. The number of hydrogen-bond donors (Lipinski definition) is 1. The second-order valence-corrected chi connectivity index (χ2v) is 4.82. The van der Waals surface area contributed by atoms with Gasteiger partial charge in [0.1, 0.15) is 0 Å². The zero-order valence-electron chi connectivity index (χ0n) is 10.3. The number of pyridine rings is 1. The maximum atomic E-state index is 5.96. The van der Waals surface area contributed by atoms with Crippen LogP contribution in [0.5, 0.6) is 0 Å². The van der Waals surface area contributed by atoms with Crippen molar-refractivity contribution in [2.75, 3.05) is 12.8 Å². The average Bonchev–Trinajstić information content (AvgIpc) is 2.28. The van der Waals surface area contributed by atoms with Crippen LogP contribution >= 0.6 is 11.6 Å². The lowest BCUT2D eigenvalue weighted by Crippen LogP contribution is -2.18. The fraction of sp³-hybridized carbons (Fsp3) is 0.214. The van der Waals surface area contributed by atoms with Crippen molar-refractivity contribution in [3.8, 4) is 0 Å². The molecular weight excluding hydrogens is 246 g/mol. The summed E-state index contributed by atoms with van der Waals surface area (Å²) in [7, 11) is 2.05. The van der Waals surface area contributed by atoms with Crippen LogP contribution in [0, 0.1) is 0 Å². The molecule has 0 fully saturated rings. The highest BCUT2D eigenvalue weighted by molar-refractivity contribution is 6.30. The number of halogens is 1. The number of nitrogen functional groups attached to an aromatic ring is 1. The van der Waals surface area contributed by atoms with Crippen LogP contribution in [-0.2, 0) is 13.1 Å². The van der Waals surface area contributed by atoms with E-state index >= 15 is 0 Å². The number of rotatable bonds is 4. The Morgan fingerprint density at radius 3 is 2.78 bits per heavy atom. The summed E-state index contributed by atoms with van der Waals surface area (Å²) in [6.45, 7) is 1.59. The van der Waals surface area contributed by atoms with Crippen molar-refractivity contribution >= 4 is 17.3 Å². The summed E-state index contributed by atoms with van der Waals surface area (Å²) in [5.41, 5.74) is 8.64. The molecule has 0 amide bonds. The third kappa shape index (κ3) is 3.72. The van der Waals surface area contributed by atoms with Gasteiger partial charge in [0.15, 0.2) is 0 Å². The molecule has 0 atom stereocenters. The maximum absolute atomic E-state index is 5.96. The van der Waals surface area contributed by atoms with Gasteiger partial charge < -0.3 is 5.73 Å². The van der Waals surface area contributed by atoms with Crippen molar-refractivity contribution in [2.45, 2.75) is 13.1 Å². The molecule has 18 heavy (non-hydrogen) atoms. The van der Waals surface area contributed by atoms with Crippen molar-refractivity contribution in [2.24, 2.45) is 0 Å². The van der Waals surface area contributed by atoms with E-state index in [9.17, 15) is 0 Å². The first-order valence-electron chi connectivity index (χ1n) is 5.77. The van der Waals surface area contributed by atoms with E-state index in [2.05, 4.69) is 16.0 Å². The molecule has 0 aliphatic heterocycles. The third-order valence-corrected chi connectivity index (χ3v) is 2.85. The second kappa shape index (κ2) is 5.85. The van der Waals surface area contributed by atoms with Gasteiger partial charge in [-0.05, 0) is 36.9 Å². The molecule has 0 saturated carbocycles. The minimum atomic E-state index is 0.746. The minimum absolute atomic E-state index is 0.746. The number of nitrogens with two attached hydrogens (primary N) is 1. The van der Waals surface area contributed by atoms with Gasteiger partial charge >= 0.3 is 0 Å². The van der Waals surface area contributed by atoms with Gasteiger partial charge in [0, 0.05) is 30.0 Å². The predicted molar refractivity (Wildman–Crippen MR) is 75.3 cm³/mol. The summed E-state index contributed by atoms with van der Waals surface area (Å²) in [6, 6.07) is 11.6. The van der Waals surface area contributed by atoms with E-state index in [0.29, 0.717) is 0 Å². The molecule has 0 aliphatic rings. The van der Waals surface area contributed by atoms with Gasteiger partial charge in [0.2, 0.25) is 0 Å². The highest BCUT2D eigenvalue weighted by atomic mass is 35.5. The molecule has 94 valence electrons. The van der Waals surface area contributed by atoms with E-state index in [1.165, 1.54) is 5.56 Å².